The lowest BCUT2D eigenvalue weighted by Crippen LogP contribution is -2.51. The Kier molecular flexibility index (Phi) is 8.42. The summed E-state index contributed by atoms with van der Waals surface area (Å²) in [6.45, 7) is 8.02. The first-order valence-corrected chi connectivity index (χ1v) is 9.60. The molecule has 1 aromatic carbocycles. The molecule has 1 aliphatic rings. The van der Waals surface area contributed by atoms with E-state index in [-0.39, 0.29) is 24.1 Å². The van der Waals surface area contributed by atoms with Gasteiger partial charge in [-0.2, -0.15) is 0 Å². The number of ketones is 1. The number of unbranched alkanes of at least 4 members (excludes halogenated alkanes) is 1. The van der Waals surface area contributed by atoms with Gasteiger partial charge in [-0.3, -0.25) is 24.2 Å². The average Bonchev–Trinajstić information content (AvgIpc) is 2.64. The zero-order valence-electron chi connectivity index (χ0n) is 16.3. The summed E-state index contributed by atoms with van der Waals surface area (Å²) in [6, 6.07) is 7.03. The largest absolute Gasteiger partial charge is 0.355 e. The van der Waals surface area contributed by atoms with Crippen molar-refractivity contribution in [1.29, 1.82) is 0 Å². The standard InChI is InChI=1S/C20H30N4O3/c1-3-4-9-21-19(26)14-23-10-12-24(13-11-23)15-20(27)22-18-8-6-5-7-17(18)16(2)25/h5-8H,3-4,9-15H2,1-2H3,(H,21,26)(H,22,27). The van der Waals surface area contributed by atoms with Crippen LogP contribution in [0.1, 0.15) is 37.0 Å². The fourth-order valence-electron chi connectivity index (χ4n) is 3.06. The fraction of sp³-hybridized carbons (Fsp3) is 0.550. The third-order valence-electron chi connectivity index (χ3n) is 4.63. The van der Waals surface area contributed by atoms with Gasteiger partial charge in [-0.1, -0.05) is 25.5 Å². The molecule has 0 bridgehead atoms. The minimum Gasteiger partial charge on any atom is -0.355 e. The van der Waals surface area contributed by atoms with Gasteiger partial charge in [-0.05, 0) is 25.5 Å². The lowest BCUT2D eigenvalue weighted by atomic mass is 10.1. The number of para-hydroxylation sites is 1. The Balaban J connectivity index is 1.73. The highest BCUT2D eigenvalue weighted by Crippen LogP contribution is 2.15. The topological polar surface area (TPSA) is 81.8 Å². The predicted octanol–water partition coefficient (Wildman–Crippen LogP) is 1.36. The van der Waals surface area contributed by atoms with E-state index in [4.69, 9.17) is 0 Å². The SMILES string of the molecule is CCCCNC(=O)CN1CCN(CC(=O)Nc2ccccc2C(C)=O)CC1. The molecule has 7 heteroatoms. The number of rotatable bonds is 9. The molecule has 27 heavy (non-hydrogen) atoms. The molecule has 1 saturated heterocycles. The number of amides is 2. The molecule has 2 rings (SSSR count). The molecule has 1 aromatic rings. The summed E-state index contributed by atoms with van der Waals surface area (Å²) in [7, 11) is 0. The second kappa shape index (κ2) is 10.8. The van der Waals surface area contributed by atoms with E-state index in [1.165, 1.54) is 6.92 Å². The zero-order valence-corrected chi connectivity index (χ0v) is 16.3. The number of hydrogen-bond acceptors (Lipinski definition) is 5. The van der Waals surface area contributed by atoms with Crippen molar-refractivity contribution < 1.29 is 14.4 Å². The van der Waals surface area contributed by atoms with Crippen molar-refractivity contribution in [2.75, 3.05) is 51.1 Å². The molecule has 2 N–H and O–H groups in total. The first-order valence-electron chi connectivity index (χ1n) is 9.60. The molecule has 148 valence electrons. The molecule has 0 spiro atoms. The normalized spacial score (nSPS) is 15.3. The van der Waals surface area contributed by atoms with Gasteiger partial charge in [-0.15, -0.1) is 0 Å². The fourth-order valence-corrected chi connectivity index (χ4v) is 3.06. The van der Waals surface area contributed by atoms with E-state index in [2.05, 4.69) is 27.4 Å². The van der Waals surface area contributed by atoms with E-state index in [1.54, 1.807) is 24.3 Å². The Bertz CT molecular complexity index is 654. The molecule has 7 nitrogen and oxygen atoms in total. The van der Waals surface area contributed by atoms with Gasteiger partial charge in [0.25, 0.3) is 0 Å². The highest BCUT2D eigenvalue weighted by molar-refractivity contribution is 6.04. The first-order chi connectivity index (χ1) is 13.0. The number of carbonyl (C=O) groups excluding carboxylic acids is 3. The Morgan fingerprint density at radius 2 is 1.56 bits per heavy atom. The van der Waals surface area contributed by atoms with Crippen LogP contribution < -0.4 is 10.6 Å². The van der Waals surface area contributed by atoms with Gasteiger partial charge in [0.05, 0.1) is 18.8 Å². The second-order valence-electron chi connectivity index (χ2n) is 6.91. The third kappa shape index (κ3) is 7.11. The van der Waals surface area contributed by atoms with Crippen molar-refractivity contribution >= 4 is 23.3 Å². The summed E-state index contributed by atoms with van der Waals surface area (Å²) in [5.41, 5.74) is 1.07. The maximum atomic E-state index is 12.3. The number of nitrogens with one attached hydrogen (secondary N) is 2. The van der Waals surface area contributed by atoms with E-state index < -0.39 is 0 Å². The van der Waals surface area contributed by atoms with E-state index >= 15 is 0 Å². The molecule has 1 heterocycles. The van der Waals surface area contributed by atoms with E-state index in [0.717, 1.165) is 45.6 Å². The first kappa shape index (κ1) is 21.1. The molecule has 2 amide bonds. The quantitative estimate of drug-likeness (QED) is 0.504. The van der Waals surface area contributed by atoms with Crippen LogP contribution in [0, 0.1) is 0 Å². The molecule has 1 aliphatic heterocycles. The third-order valence-corrected chi connectivity index (χ3v) is 4.63. The lowest BCUT2D eigenvalue weighted by Gasteiger charge is -2.33. The van der Waals surface area contributed by atoms with Crippen molar-refractivity contribution in [3.8, 4) is 0 Å². The van der Waals surface area contributed by atoms with Crippen LogP contribution in [0.3, 0.4) is 0 Å². The van der Waals surface area contributed by atoms with Gasteiger partial charge in [0.2, 0.25) is 11.8 Å². The summed E-state index contributed by atoms with van der Waals surface area (Å²) < 4.78 is 0. The number of carbonyl (C=O) groups is 3. The Morgan fingerprint density at radius 1 is 0.963 bits per heavy atom. The molecule has 1 fully saturated rings. The van der Waals surface area contributed by atoms with Crippen LogP contribution in [-0.4, -0.2) is 73.2 Å². The number of Topliss-reactive ketones (excluding diaryl/α,β-unsaturated/α-hetero) is 1. The summed E-state index contributed by atoms with van der Waals surface area (Å²) >= 11 is 0. The molecule has 0 atom stereocenters. The summed E-state index contributed by atoms with van der Waals surface area (Å²) in [6.07, 6.45) is 2.07. The van der Waals surface area contributed by atoms with Gasteiger partial charge >= 0.3 is 0 Å². The minimum atomic E-state index is -0.130. The van der Waals surface area contributed by atoms with Crippen LogP contribution in [0.4, 0.5) is 5.69 Å². The maximum Gasteiger partial charge on any atom is 0.238 e. The summed E-state index contributed by atoms with van der Waals surface area (Å²) in [4.78, 5) is 40.0. The molecule has 0 aromatic heterocycles. The van der Waals surface area contributed by atoms with Gasteiger partial charge in [0, 0.05) is 38.3 Å². The van der Waals surface area contributed by atoms with E-state index in [9.17, 15) is 14.4 Å². The van der Waals surface area contributed by atoms with E-state index in [0.29, 0.717) is 17.8 Å². The smallest absolute Gasteiger partial charge is 0.238 e. The van der Waals surface area contributed by atoms with Crippen molar-refractivity contribution in [3.05, 3.63) is 29.8 Å². The summed E-state index contributed by atoms with van der Waals surface area (Å²) in [5, 5.41) is 5.76. The number of piperazine rings is 1. The molecule has 0 radical (unpaired) electrons. The second-order valence-corrected chi connectivity index (χ2v) is 6.91. The van der Waals surface area contributed by atoms with E-state index in [1.807, 2.05) is 0 Å². The number of anilines is 1. The highest BCUT2D eigenvalue weighted by atomic mass is 16.2. The molecular formula is C20H30N4O3. The molecule has 0 aliphatic carbocycles. The van der Waals surface area contributed by atoms with Crippen LogP contribution in [0.5, 0.6) is 0 Å². The zero-order chi connectivity index (χ0) is 19.6. The van der Waals surface area contributed by atoms with Gasteiger partial charge in [0.1, 0.15) is 0 Å². The highest BCUT2D eigenvalue weighted by Gasteiger charge is 2.21. The monoisotopic (exact) mass is 374 g/mol. The van der Waals surface area contributed by atoms with Crippen molar-refractivity contribution in [2.24, 2.45) is 0 Å². The minimum absolute atomic E-state index is 0.0653. The van der Waals surface area contributed by atoms with Crippen molar-refractivity contribution in [2.45, 2.75) is 26.7 Å². The van der Waals surface area contributed by atoms with Crippen molar-refractivity contribution in [1.82, 2.24) is 15.1 Å². The molecule has 0 saturated carbocycles. The number of benzene rings is 1. The van der Waals surface area contributed by atoms with Crippen LogP contribution in [0.25, 0.3) is 0 Å². The number of nitrogens with zero attached hydrogens (tertiary/aromatic N) is 2. The Hall–Kier alpha value is -2.25. The van der Waals surface area contributed by atoms with Gasteiger partial charge in [0.15, 0.2) is 5.78 Å². The molecule has 0 unspecified atom stereocenters. The Labute approximate surface area is 161 Å². The van der Waals surface area contributed by atoms with Crippen molar-refractivity contribution in [3.63, 3.8) is 0 Å². The Morgan fingerprint density at radius 3 is 2.15 bits per heavy atom. The van der Waals surface area contributed by atoms with Gasteiger partial charge < -0.3 is 10.6 Å². The van der Waals surface area contributed by atoms with Crippen LogP contribution in [0.2, 0.25) is 0 Å². The van der Waals surface area contributed by atoms with Crippen LogP contribution in [0.15, 0.2) is 24.3 Å². The summed E-state index contributed by atoms with van der Waals surface area (Å²) in [5.74, 6) is -0.137. The number of hydrogen-bond donors (Lipinski definition) is 2. The predicted molar refractivity (Wildman–Crippen MR) is 106 cm³/mol. The van der Waals surface area contributed by atoms with Crippen LogP contribution in [-0.2, 0) is 9.59 Å². The average molecular weight is 374 g/mol. The lowest BCUT2D eigenvalue weighted by molar-refractivity contribution is -0.123. The maximum absolute atomic E-state index is 12.3. The van der Waals surface area contributed by atoms with Gasteiger partial charge in [-0.25, -0.2) is 0 Å². The van der Waals surface area contributed by atoms with Crippen LogP contribution >= 0.6 is 0 Å². The molecular weight excluding hydrogens is 344 g/mol.